The predicted molar refractivity (Wildman–Crippen MR) is 126 cm³/mol. The van der Waals surface area contributed by atoms with Crippen molar-refractivity contribution in [2.45, 2.75) is 43.5 Å². The number of hydrogen-bond donors (Lipinski definition) is 5. The van der Waals surface area contributed by atoms with Gasteiger partial charge in [0.2, 0.25) is 11.8 Å². The van der Waals surface area contributed by atoms with Gasteiger partial charge in [0, 0.05) is 13.5 Å². The highest BCUT2D eigenvalue weighted by Gasteiger charge is 2.66. The molecule has 0 radical (unpaired) electrons. The Morgan fingerprint density at radius 1 is 0.973 bits per heavy atom. The Balaban J connectivity index is 2.35. The fourth-order valence-corrected chi connectivity index (χ4v) is 3.91. The maximum Gasteiger partial charge on any atom is 0.427 e. The topological polar surface area (TPSA) is 137 Å². The Bertz CT molecular complexity index is 1050. The lowest BCUT2D eigenvalue weighted by Gasteiger charge is -2.35. The fourth-order valence-electron chi connectivity index (χ4n) is 3.91. The van der Waals surface area contributed by atoms with Crippen LogP contribution >= 0.6 is 0 Å². The number of hydroxylamine groups is 1. The fraction of sp³-hybridized carbons (Fsp3) is 0.400. The highest BCUT2D eigenvalue weighted by atomic mass is 19.4. The molecule has 12 heteroatoms. The lowest BCUT2D eigenvalue weighted by atomic mass is 9.80. The Morgan fingerprint density at radius 2 is 1.59 bits per heavy atom. The zero-order valence-electron chi connectivity index (χ0n) is 20.3. The summed E-state index contributed by atoms with van der Waals surface area (Å²) in [6.45, 7) is 0. The smallest absolute Gasteiger partial charge is 0.427 e. The first-order valence-electron chi connectivity index (χ1n) is 11.4. The molecule has 3 amide bonds. The van der Waals surface area contributed by atoms with Gasteiger partial charge in [-0.15, -0.1) is 0 Å². The Labute approximate surface area is 212 Å². The number of aliphatic hydroxyl groups is 1. The van der Waals surface area contributed by atoms with Gasteiger partial charge in [0.15, 0.2) is 0 Å². The quantitative estimate of drug-likeness (QED) is 0.212. The molecule has 0 spiro atoms. The van der Waals surface area contributed by atoms with Crippen LogP contribution in [0, 0.1) is 5.92 Å². The lowest BCUT2D eigenvalue weighted by Crippen LogP contribution is -2.65. The molecule has 202 valence electrons. The van der Waals surface area contributed by atoms with Crippen LogP contribution in [0.2, 0.25) is 0 Å². The van der Waals surface area contributed by atoms with Gasteiger partial charge in [0.25, 0.3) is 11.5 Å². The van der Waals surface area contributed by atoms with E-state index in [1.807, 2.05) is 0 Å². The van der Waals surface area contributed by atoms with Crippen molar-refractivity contribution < 1.29 is 42.6 Å². The minimum absolute atomic E-state index is 0.0116. The second kappa shape index (κ2) is 13.1. The third-order valence-electron chi connectivity index (χ3n) is 5.98. The molecule has 0 bridgehead atoms. The van der Waals surface area contributed by atoms with Crippen molar-refractivity contribution in [2.24, 2.45) is 5.92 Å². The molecule has 0 saturated carbocycles. The van der Waals surface area contributed by atoms with E-state index in [1.54, 1.807) is 54.6 Å². The van der Waals surface area contributed by atoms with Gasteiger partial charge in [0.1, 0.15) is 11.8 Å². The van der Waals surface area contributed by atoms with Gasteiger partial charge in [-0.3, -0.25) is 19.6 Å². The maximum absolute atomic E-state index is 14.0. The van der Waals surface area contributed by atoms with E-state index in [1.165, 1.54) is 14.2 Å². The van der Waals surface area contributed by atoms with Crippen LogP contribution in [0.5, 0.6) is 5.75 Å². The number of likely N-dealkylation sites (N-methyl/N-ethyl adjacent to an activating group) is 1. The van der Waals surface area contributed by atoms with Gasteiger partial charge in [-0.2, -0.15) is 13.2 Å². The van der Waals surface area contributed by atoms with E-state index in [2.05, 4.69) is 10.6 Å². The molecule has 2 aromatic carbocycles. The summed E-state index contributed by atoms with van der Waals surface area (Å²) in [5.41, 5.74) is -2.11. The summed E-state index contributed by atoms with van der Waals surface area (Å²) in [6.07, 6.45) is -6.05. The van der Waals surface area contributed by atoms with E-state index < -0.39 is 47.9 Å². The number of halogens is 3. The van der Waals surface area contributed by atoms with Crippen molar-refractivity contribution in [3.8, 4) is 5.75 Å². The molecule has 0 aromatic heterocycles. The lowest BCUT2D eigenvalue weighted by molar-refractivity contribution is -0.269. The number of amides is 3. The van der Waals surface area contributed by atoms with Crippen molar-refractivity contribution in [2.75, 3.05) is 14.2 Å². The number of rotatable bonds is 12. The Hall–Kier alpha value is -3.64. The average Bonchev–Trinajstić information content (AvgIpc) is 2.89. The first-order chi connectivity index (χ1) is 17.5. The molecular formula is C25H30F3N3O6. The van der Waals surface area contributed by atoms with Crippen LogP contribution in [0.1, 0.15) is 24.0 Å². The molecule has 0 saturated heterocycles. The summed E-state index contributed by atoms with van der Waals surface area (Å²) < 4.78 is 47.0. The van der Waals surface area contributed by atoms with Crippen LogP contribution in [0.4, 0.5) is 13.2 Å². The molecule has 0 fully saturated rings. The number of nitrogens with one attached hydrogen (secondary N) is 3. The number of methoxy groups -OCH3 is 1. The minimum Gasteiger partial charge on any atom is -0.497 e. The van der Waals surface area contributed by atoms with E-state index in [4.69, 9.17) is 9.94 Å². The molecule has 5 N–H and O–H groups in total. The average molecular weight is 526 g/mol. The van der Waals surface area contributed by atoms with Crippen molar-refractivity contribution >= 4 is 17.7 Å². The van der Waals surface area contributed by atoms with E-state index >= 15 is 0 Å². The zero-order valence-corrected chi connectivity index (χ0v) is 20.3. The molecule has 0 heterocycles. The van der Waals surface area contributed by atoms with E-state index in [0.29, 0.717) is 11.3 Å². The van der Waals surface area contributed by atoms with Crippen molar-refractivity contribution in [1.29, 1.82) is 0 Å². The normalized spacial score (nSPS) is 14.6. The molecule has 0 unspecified atom stereocenters. The maximum atomic E-state index is 14.0. The number of carbonyl (C=O) groups is 3. The molecule has 0 aliphatic rings. The van der Waals surface area contributed by atoms with Gasteiger partial charge in [-0.05, 0) is 42.5 Å². The van der Waals surface area contributed by atoms with Crippen LogP contribution in [-0.2, 0) is 27.2 Å². The van der Waals surface area contributed by atoms with E-state index in [9.17, 15) is 32.7 Å². The third kappa shape index (κ3) is 7.43. The molecule has 37 heavy (non-hydrogen) atoms. The minimum atomic E-state index is -5.62. The van der Waals surface area contributed by atoms with Crippen LogP contribution < -0.4 is 20.9 Å². The molecule has 2 aromatic rings. The van der Waals surface area contributed by atoms with Crippen LogP contribution in [-0.4, -0.2) is 60.0 Å². The Kier molecular flexibility index (Phi) is 10.4. The number of alkyl halides is 3. The largest absolute Gasteiger partial charge is 0.497 e. The number of ether oxygens (including phenoxy) is 1. The first-order valence-corrected chi connectivity index (χ1v) is 11.4. The van der Waals surface area contributed by atoms with Gasteiger partial charge in [-0.25, -0.2) is 5.48 Å². The predicted octanol–water partition coefficient (Wildman–Crippen LogP) is 1.91. The summed E-state index contributed by atoms with van der Waals surface area (Å²) in [6, 6.07) is 13.8. The molecule has 0 aliphatic carbocycles. The number of benzene rings is 2. The number of carbonyl (C=O) groups excluding carboxylic acids is 3. The number of aryl methyl sites for hydroxylation is 1. The van der Waals surface area contributed by atoms with Crippen LogP contribution in [0.25, 0.3) is 0 Å². The first kappa shape index (κ1) is 29.6. The summed E-state index contributed by atoms with van der Waals surface area (Å²) >= 11 is 0. The van der Waals surface area contributed by atoms with E-state index in [0.717, 1.165) is 11.0 Å². The zero-order chi connectivity index (χ0) is 27.6. The highest BCUT2D eigenvalue weighted by Crippen LogP contribution is 2.39. The Morgan fingerprint density at radius 3 is 2.11 bits per heavy atom. The standard InChI is InChI=1S/C25H30F3N3O6/c1-29-22(33)20(15-17-11-13-18(37-2)14-12-17)30-21(32)19(10-6-9-16-7-4-3-5-8-16)24(35,23(34)31-36)25(26,27)28/h3-5,7-8,11-14,19-20,35-36H,6,9-10,15H2,1-2H3,(H,29,33)(H,30,32)(H,31,34)/t19-,20-,24+/m0/s1. The number of hydrogen-bond acceptors (Lipinski definition) is 6. The van der Waals surface area contributed by atoms with Gasteiger partial charge in [0.05, 0.1) is 13.0 Å². The van der Waals surface area contributed by atoms with Crippen molar-refractivity contribution in [3.05, 3.63) is 65.7 Å². The van der Waals surface area contributed by atoms with Gasteiger partial charge >= 0.3 is 6.18 Å². The second-order valence-electron chi connectivity index (χ2n) is 8.36. The molecule has 0 aliphatic heterocycles. The molecule has 9 nitrogen and oxygen atoms in total. The van der Waals surface area contributed by atoms with Crippen molar-refractivity contribution in [3.63, 3.8) is 0 Å². The third-order valence-corrected chi connectivity index (χ3v) is 5.98. The SMILES string of the molecule is CNC(=O)[C@H](Cc1ccc(OC)cc1)NC(=O)[C@H](CCCc1ccccc1)[C@@](O)(C(=O)NO)C(F)(F)F. The highest BCUT2D eigenvalue weighted by molar-refractivity contribution is 5.95. The van der Waals surface area contributed by atoms with Crippen LogP contribution in [0.15, 0.2) is 54.6 Å². The summed E-state index contributed by atoms with van der Waals surface area (Å²) in [7, 11) is 2.75. The van der Waals surface area contributed by atoms with Gasteiger partial charge < -0.3 is 20.5 Å². The summed E-state index contributed by atoms with van der Waals surface area (Å²) in [5.74, 6) is -6.11. The monoisotopic (exact) mass is 525 g/mol. The molecule has 2 rings (SSSR count). The molecule has 3 atom stereocenters. The second-order valence-corrected chi connectivity index (χ2v) is 8.36. The van der Waals surface area contributed by atoms with Crippen molar-refractivity contribution in [1.82, 2.24) is 16.1 Å². The molecular weight excluding hydrogens is 495 g/mol. The summed E-state index contributed by atoms with van der Waals surface area (Å²) in [5, 5.41) is 24.1. The van der Waals surface area contributed by atoms with Gasteiger partial charge in [-0.1, -0.05) is 42.5 Å². The van der Waals surface area contributed by atoms with Crippen LogP contribution in [0.3, 0.4) is 0 Å². The summed E-state index contributed by atoms with van der Waals surface area (Å²) in [4.78, 5) is 37.8. The van der Waals surface area contributed by atoms with E-state index in [-0.39, 0.29) is 19.3 Å².